The molecule has 0 heterocycles. The molecule has 0 heteroatoms. The molecule has 0 aliphatic heterocycles. The molecular weight excluding hydrogens is 168 g/mol. The molecule has 0 saturated heterocycles. The molecule has 0 N–H and O–H groups in total. The summed E-state index contributed by atoms with van der Waals surface area (Å²) >= 11 is 0. The molecule has 0 atom stereocenters. The molecule has 0 aliphatic rings. The zero-order valence-corrected chi connectivity index (χ0v) is 11.2. The third kappa shape index (κ3) is 5.47. The van der Waals surface area contributed by atoms with Crippen LogP contribution in [0.3, 0.4) is 0 Å². The van der Waals surface area contributed by atoms with Crippen molar-refractivity contribution >= 4 is 0 Å². The van der Waals surface area contributed by atoms with Gasteiger partial charge < -0.3 is 0 Å². The second kappa shape index (κ2) is 5.00. The fourth-order valence-electron chi connectivity index (χ4n) is 1.56. The molecule has 0 fully saturated rings. The number of allylic oxidation sites excluding steroid dienone is 2. The van der Waals surface area contributed by atoms with E-state index in [9.17, 15) is 0 Å². The van der Waals surface area contributed by atoms with Crippen LogP contribution in [0.4, 0.5) is 0 Å². The highest BCUT2D eigenvalue weighted by Crippen LogP contribution is 2.32. The summed E-state index contributed by atoms with van der Waals surface area (Å²) in [5.74, 6) is 0. The number of hydrogen-bond acceptors (Lipinski definition) is 0. The van der Waals surface area contributed by atoms with E-state index in [1.807, 2.05) is 0 Å². The molecule has 84 valence electrons. The van der Waals surface area contributed by atoms with E-state index >= 15 is 0 Å². The fourth-order valence-corrected chi connectivity index (χ4v) is 1.56. The van der Waals surface area contributed by atoms with Gasteiger partial charge in [0.15, 0.2) is 0 Å². The largest absolute Gasteiger partial charge is 0.0845 e. The van der Waals surface area contributed by atoms with Crippen molar-refractivity contribution in [3.8, 4) is 0 Å². The summed E-state index contributed by atoms with van der Waals surface area (Å²) in [5.41, 5.74) is 2.36. The average Bonchev–Trinajstić information content (AvgIpc) is 1.98. The summed E-state index contributed by atoms with van der Waals surface area (Å²) in [6, 6.07) is 0. The van der Waals surface area contributed by atoms with Crippen LogP contribution in [0.1, 0.15) is 67.7 Å². The first-order valence-electron chi connectivity index (χ1n) is 5.86. The molecule has 0 aliphatic carbocycles. The van der Waals surface area contributed by atoms with Gasteiger partial charge in [0.1, 0.15) is 0 Å². The van der Waals surface area contributed by atoms with E-state index < -0.39 is 0 Å². The Kier molecular flexibility index (Phi) is 4.91. The van der Waals surface area contributed by atoms with Crippen molar-refractivity contribution in [2.45, 2.75) is 67.7 Å². The van der Waals surface area contributed by atoms with Gasteiger partial charge in [-0.1, -0.05) is 59.6 Å². The number of rotatable bonds is 4. The minimum Gasteiger partial charge on any atom is -0.0845 e. The van der Waals surface area contributed by atoms with Crippen LogP contribution in [0.2, 0.25) is 0 Å². The number of hydrogen-bond donors (Lipinski definition) is 0. The molecule has 0 saturated carbocycles. The van der Waals surface area contributed by atoms with E-state index in [-0.39, 0.29) is 0 Å². The van der Waals surface area contributed by atoms with Crippen molar-refractivity contribution in [1.29, 1.82) is 0 Å². The SMILES string of the molecule is CCCC(C)(C)C(C)=CCC(C)(C)C. The van der Waals surface area contributed by atoms with Crippen molar-refractivity contribution in [2.75, 3.05) is 0 Å². The van der Waals surface area contributed by atoms with Gasteiger partial charge in [0.25, 0.3) is 0 Å². The maximum absolute atomic E-state index is 2.43. The van der Waals surface area contributed by atoms with E-state index in [2.05, 4.69) is 54.5 Å². The molecule has 14 heavy (non-hydrogen) atoms. The first-order chi connectivity index (χ1) is 6.19. The summed E-state index contributed by atoms with van der Waals surface area (Å²) in [4.78, 5) is 0. The summed E-state index contributed by atoms with van der Waals surface area (Å²) in [5, 5.41) is 0. The predicted molar refractivity (Wildman–Crippen MR) is 66.5 cm³/mol. The van der Waals surface area contributed by atoms with Crippen molar-refractivity contribution in [3.05, 3.63) is 11.6 Å². The Bertz CT molecular complexity index is 189. The van der Waals surface area contributed by atoms with Crippen LogP contribution in [-0.2, 0) is 0 Å². The summed E-state index contributed by atoms with van der Waals surface area (Å²) < 4.78 is 0. The topological polar surface area (TPSA) is 0 Å². The Morgan fingerprint density at radius 3 is 1.93 bits per heavy atom. The zero-order valence-electron chi connectivity index (χ0n) is 11.2. The van der Waals surface area contributed by atoms with Gasteiger partial charge in [-0.05, 0) is 30.6 Å². The van der Waals surface area contributed by atoms with E-state index in [1.165, 1.54) is 19.3 Å². The van der Waals surface area contributed by atoms with Crippen molar-refractivity contribution in [2.24, 2.45) is 10.8 Å². The lowest BCUT2D eigenvalue weighted by atomic mass is 9.79. The molecule has 0 bridgehead atoms. The van der Waals surface area contributed by atoms with Crippen molar-refractivity contribution in [1.82, 2.24) is 0 Å². The minimum absolute atomic E-state index is 0.389. The highest BCUT2D eigenvalue weighted by Gasteiger charge is 2.19. The summed E-state index contributed by atoms with van der Waals surface area (Å²) in [7, 11) is 0. The van der Waals surface area contributed by atoms with Crippen LogP contribution < -0.4 is 0 Å². The Morgan fingerprint density at radius 2 is 1.57 bits per heavy atom. The lowest BCUT2D eigenvalue weighted by Crippen LogP contribution is -2.13. The molecule has 0 unspecified atom stereocenters. The normalized spacial score (nSPS) is 14.6. The van der Waals surface area contributed by atoms with Gasteiger partial charge in [0, 0.05) is 0 Å². The zero-order chi connectivity index (χ0) is 11.4. The van der Waals surface area contributed by atoms with Crippen molar-refractivity contribution < 1.29 is 0 Å². The smallest absolute Gasteiger partial charge is 0.0148 e. The Balaban J connectivity index is 4.37. The Morgan fingerprint density at radius 1 is 1.07 bits per heavy atom. The standard InChI is InChI=1S/C14H28/c1-8-10-14(6,7)12(2)9-11-13(3,4)5/h9H,8,10-11H2,1-7H3. The lowest BCUT2D eigenvalue weighted by molar-refractivity contribution is 0.386. The Hall–Kier alpha value is -0.260. The van der Waals surface area contributed by atoms with Gasteiger partial charge in [0.05, 0.1) is 0 Å². The molecular formula is C14H28. The highest BCUT2D eigenvalue weighted by molar-refractivity contribution is 5.09. The van der Waals surface area contributed by atoms with Gasteiger partial charge in [0.2, 0.25) is 0 Å². The average molecular weight is 196 g/mol. The van der Waals surface area contributed by atoms with E-state index in [1.54, 1.807) is 5.57 Å². The molecule has 0 rings (SSSR count). The molecule has 0 spiro atoms. The molecule has 0 aromatic carbocycles. The molecule has 0 radical (unpaired) electrons. The van der Waals surface area contributed by atoms with Gasteiger partial charge >= 0.3 is 0 Å². The molecule has 0 nitrogen and oxygen atoms in total. The van der Waals surface area contributed by atoms with Gasteiger partial charge in [-0.3, -0.25) is 0 Å². The molecule has 0 amide bonds. The lowest BCUT2D eigenvalue weighted by Gasteiger charge is -2.26. The summed E-state index contributed by atoms with van der Waals surface area (Å²) in [6.45, 7) is 16.1. The van der Waals surface area contributed by atoms with Crippen LogP contribution in [0.25, 0.3) is 0 Å². The van der Waals surface area contributed by atoms with Crippen LogP contribution in [0.15, 0.2) is 11.6 Å². The van der Waals surface area contributed by atoms with Crippen molar-refractivity contribution in [3.63, 3.8) is 0 Å². The molecule has 0 aromatic rings. The maximum Gasteiger partial charge on any atom is -0.0148 e. The quantitative estimate of drug-likeness (QED) is 0.542. The van der Waals surface area contributed by atoms with E-state index in [0.29, 0.717) is 10.8 Å². The van der Waals surface area contributed by atoms with Gasteiger partial charge in [-0.15, -0.1) is 0 Å². The van der Waals surface area contributed by atoms with E-state index in [0.717, 1.165) is 0 Å². The van der Waals surface area contributed by atoms with Crippen LogP contribution >= 0.6 is 0 Å². The van der Waals surface area contributed by atoms with Crippen LogP contribution in [0.5, 0.6) is 0 Å². The second-order valence-corrected chi connectivity index (χ2v) is 6.29. The monoisotopic (exact) mass is 196 g/mol. The Labute approximate surface area is 90.8 Å². The van der Waals surface area contributed by atoms with E-state index in [4.69, 9.17) is 0 Å². The van der Waals surface area contributed by atoms with Gasteiger partial charge in [-0.2, -0.15) is 0 Å². The first-order valence-corrected chi connectivity index (χ1v) is 5.86. The second-order valence-electron chi connectivity index (χ2n) is 6.29. The maximum atomic E-state index is 2.43. The van der Waals surface area contributed by atoms with Crippen LogP contribution in [-0.4, -0.2) is 0 Å². The molecule has 0 aromatic heterocycles. The van der Waals surface area contributed by atoms with Gasteiger partial charge in [-0.25, -0.2) is 0 Å². The first kappa shape index (κ1) is 13.7. The minimum atomic E-state index is 0.389. The third-order valence-corrected chi connectivity index (χ3v) is 2.96. The summed E-state index contributed by atoms with van der Waals surface area (Å²) in [6.07, 6.45) is 6.18. The van der Waals surface area contributed by atoms with Crippen LogP contribution in [0, 0.1) is 10.8 Å². The highest BCUT2D eigenvalue weighted by atomic mass is 14.2. The fraction of sp³-hybridized carbons (Fsp3) is 0.857. The third-order valence-electron chi connectivity index (χ3n) is 2.96. The predicted octanol–water partition coefficient (Wildman–Crippen LogP) is 5.20.